The first-order valence-electron chi connectivity index (χ1n) is 4.39. The zero-order valence-electron chi connectivity index (χ0n) is 7.87. The predicted molar refractivity (Wildman–Crippen MR) is 62.1 cm³/mol. The number of aliphatic hydroxyl groups excluding tert-OH is 1. The number of halogens is 2. The van der Waals surface area contributed by atoms with Gasteiger partial charge in [0.2, 0.25) is 0 Å². The van der Waals surface area contributed by atoms with Gasteiger partial charge in [-0.05, 0) is 30.7 Å². The molecule has 0 saturated carbocycles. The van der Waals surface area contributed by atoms with Crippen molar-refractivity contribution in [2.75, 3.05) is 13.2 Å². The van der Waals surface area contributed by atoms with E-state index in [9.17, 15) is 0 Å². The van der Waals surface area contributed by atoms with Gasteiger partial charge in [0.15, 0.2) is 0 Å². The summed E-state index contributed by atoms with van der Waals surface area (Å²) in [6, 6.07) is 7.75. The Bertz CT molecular complexity index is 238. The summed E-state index contributed by atoms with van der Waals surface area (Å²) in [7, 11) is 0. The average Bonchev–Trinajstić information content (AvgIpc) is 2.15. The van der Waals surface area contributed by atoms with Gasteiger partial charge in [-0.3, -0.25) is 0 Å². The Morgan fingerprint density at radius 1 is 1.21 bits per heavy atom. The fraction of sp³-hybridized carbons (Fsp3) is 0.400. The molecule has 0 atom stereocenters. The molecule has 0 unspecified atom stereocenters. The number of rotatable bonds is 5. The van der Waals surface area contributed by atoms with Crippen LogP contribution < -0.4 is 5.32 Å². The predicted octanol–water partition coefficient (Wildman–Crippen LogP) is 2.23. The Labute approximate surface area is 95.7 Å². The van der Waals surface area contributed by atoms with Gasteiger partial charge in [-0.2, -0.15) is 0 Å². The van der Waals surface area contributed by atoms with Gasteiger partial charge in [-0.15, -0.1) is 12.4 Å². The van der Waals surface area contributed by atoms with Crippen LogP contribution in [0.3, 0.4) is 0 Å². The molecule has 0 aliphatic rings. The summed E-state index contributed by atoms with van der Waals surface area (Å²) in [4.78, 5) is 0. The number of nitrogens with one attached hydrogen (secondary N) is 1. The van der Waals surface area contributed by atoms with Crippen molar-refractivity contribution in [3.05, 3.63) is 34.9 Å². The Morgan fingerprint density at radius 3 is 2.43 bits per heavy atom. The molecule has 1 aromatic rings. The third-order valence-corrected chi connectivity index (χ3v) is 2.01. The summed E-state index contributed by atoms with van der Waals surface area (Å²) in [5.74, 6) is 0. The maximum absolute atomic E-state index is 8.54. The maximum atomic E-state index is 8.54. The van der Waals surface area contributed by atoms with Crippen molar-refractivity contribution in [3.63, 3.8) is 0 Å². The minimum Gasteiger partial charge on any atom is -0.396 e. The minimum atomic E-state index is 0. The average molecular weight is 236 g/mol. The first-order chi connectivity index (χ1) is 6.33. The minimum absolute atomic E-state index is 0. The number of hydrogen-bond acceptors (Lipinski definition) is 2. The van der Waals surface area contributed by atoms with Crippen molar-refractivity contribution in [2.45, 2.75) is 13.0 Å². The van der Waals surface area contributed by atoms with Crippen LogP contribution in [-0.4, -0.2) is 18.3 Å². The van der Waals surface area contributed by atoms with Crippen LogP contribution in [0.2, 0.25) is 5.02 Å². The van der Waals surface area contributed by atoms with Crippen LogP contribution in [0.1, 0.15) is 12.0 Å². The second-order valence-corrected chi connectivity index (χ2v) is 3.32. The molecule has 0 aliphatic carbocycles. The van der Waals surface area contributed by atoms with E-state index in [2.05, 4.69) is 5.32 Å². The Morgan fingerprint density at radius 2 is 1.86 bits per heavy atom. The Hall–Kier alpha value is -0.280. The summed E-state index contributed by atoms with van der Waals surface area (Å²) in [6.45, 7) is 1.92. The lowest BCUT2D eigenvalue weighted by molar-refractivity contribution is 0.286. The smallest absolute Gasteiger partial charge is 0.0443 e. The topological polar surface area (TPSA) is 32.3 Å². The van der Waals surface area contributed by atoms with Gasteiger partial charge in [0.05, 0.1) is 0 Å². The van der Waals surface area contributed by atoms with Crippen LogP contribution >= 0.6 is 24.0 Å². The van der Waals surface area contributed by atoms with E-state index in [1.807, 2.05) is 24.3 Å². The van der Waals surface area contributed by atoms with Crippen molar-refractivity contribution in [1.29, 1.82) is 0 Å². The SMILES string of the molecule is Cl.OCCCNCc1ccc(Cl)cc1. The highest BCUT2D eigenvalue weighted by atomic mass is 35.5. The molecule has 2 nitrogen and oxygen atoms in total. The van der Waals surface area contributed by atoms with Gasteiger partial charge >= 0.3 is 0 Å². The fourth-order valence-electron chi connectivity index (χ4n) is 1.04. The largest absolute Gasteiger partial charge is 0.396 e. The lowest BCUT2D eigenvalue weighted by atomic mass is 10.2. The zero-order chi connectivity index (χ0) is 9.52. The molecule has 0 fully saturated rings. The molecule has 0 saturated heterocycles. The van der Waals surface area contributed by atoms with E-state index in [4.69, 9.17) is 16.7 Å². The normalized spacial score (nSPS) is 9.57. The van der Waals surface area contributed by atoms with Crippen molar-refractivity contribution in [3.8, 4) is 0 Å². The highest BCUT2D eigenvalue weighted by Crippen LogP contribution is 2.08. The van der Waals surface area contributed by atoms with Crippen LogP contribution in [0.4, 0.5) is 0 Å². The fourth-order valence-corrected chi connectivity index (χ4v) is 1.17. The van der Waals surface area contributed by atoms with E-state index >= 15 is 0 Å². The van der Waals surface area contributed by atoms with E-state index in [1.54, 1.807) is 0 Å². The highest BCUT2D eigenvalue weighted by molar-refractivity contribution is 6.30. The third-order valence-electron chi connectivity index (χ3n) is 1.75. The van der Waals surface area contributed by atoms with E-state index in [1.165, 1.54) is 5.56 Å². The van der Waals surface area contributed by atoms with Gasteiger partial charge in [0.25, 0.3) is 0 Å². The standard InChI is InChI=1S/C10H14ClNO.ClH/c11-10-4-2-9(3-5-10)8-12-6-1-7-13;/h2-5,12-13H,1,6-8H2;1H. The first kappa shape index (κ1) is 13.7. The molecule has 0 spiro atoms. The summed E-state index contributed by atoms with van der Waals surface area (Å²) in [5.41, 5.74) is 1.21. The van der Waals surface area contributed by atoms with Gasteiger partial charge in [-0.25, -0.2) is 0 Å². The van der Waals surface area contributed by atoms with Crippen LogP contribution in [0.25, 0.3) is 0 Å². The van der Waals surface area contributed by atoms with Crippen LogP contribution in [0.15, 0.2) is 24.3 Å². The Kier molecular flexibility index (Phi) is 7.90. The molecule has 1 aromatic carbocycles. The van der Waals surface area contributed by atoms with Gasteiger partial charge < -0.3 is 10.4 Å². The maximum Gasteiger partial charge on any atom is 0.0443 e. The molecule has 0 bridgehead atoms. The van der Waals surface area contributed by atoms with Crippen LogP contribution in [0.5, 0.6) is 0 Å². The molecule has 0 aliphatic heterocycles. The summed E-state index contributed by atoms with van der Waals surface area (Å²) < 4.78 is 0. The van der Waals surface area contributed by atoms with E-state index in [-0.39, 0.29) is 19.0 Å². The molecule has 0 aromatic heterocycles. The monoisotopic (exact) mass is 235 g/mol. The molecule has 0 amide bonds. The second kappa shape index (κ2) is 8.06. The highest BCUT2D eigenvalue weighted by Gasteiger charge is 1.91. The van der Waals surface area contributed by atoms with Crippen molar-refractivity contribution in [2.24, 2.45) is 0 Å². The van der Waals surface area contributed by atoms with Crippen molar-refractivity contribution in [1.82, 2.24) is 5.32 Å². The number of hydrogen-bond donors (Lipinski definition) is 2. The van der Waals surface area contributed by atoms with Crippen LogP contribution in [-0.2, 0) is 6.54 Å². The number of benzene rings is 1. The summed E-state index contributed by atoms with van der Waals surface area (Å²) >= 11 is 5.74. The van der Waals surface area contributed by atoms with Gasteiger partial charge in [0, 0.05) is 18.2 Å². The number of aliphatic hydroxyl groups is 1. The van der Waals surface area contributed by atoms with Crippen molar-refractivity contribution >= 4 is 24.0 Å². The van der Waals surface area contributed by atoms with E-state index in [0.717, 1.165) is 24.5 Å². The summed E-state index contributed by atoms with van der Waals surface area (Å²) in [5, 5.41) is 12.5. The van der Waals surface area contributed by atoms with E-state index in [0.29, 0.717) is 0 Å². The molecular weight excluding hydrogens is 221 g/mol. The summed E-state index contributed by atoms with van der Waals surface area (Å²) in [6.07, 6.45) is 0.799. The van der Waals surface area contributed by atoms with Gasteiger partial charge in [0.1, 0.15) is 0 Å². The lowest BCUT2D eigenvalue weighted by Gasteiger charge is -2.03. The zero-order valence-corrected chi connectivity index (χ0v) is 9.44. The molecular formula is C10H15Cl2NO. The molecule has 14 heavy (non-hydrogen) atoms. The molecule has 2 N–H and O–H groups in total. The molecule has 4 heteroatoms. The molecule has 1 rings (SSSR count). The lowest BCUT2D eigenvalue weighted by Crippen LogP contribution is -2.15. The molecule has 0 radical (unpaired) electrons. The van der Waals surface area contributed by atoms with Crippen molar-refractivity contribution < 1.29 is 5.11 Å². The molecule has 80 valence electrons. The van der Waals surface area contributed by atoms with E-state index < -0.39 is 0 Å². The van der Waals surface area contributed by atoms with Crippen LogP contribution in [0, 0.1) is 0 Å². The quantitative estimate of drug-likeness (QED) is 0.768. The first-order valence-corrected chi connectivity index (χ1v) is 4.77. The molecule has 0 heterocycles. The third kappa shape index (κ3) is 5.45. The Balaban J connectivity index is 0.00000169. The van der Waals surface area contributed by atoms with Gasteiger partial charge in [-0.1, -0.05) is 23.7 Å². The second-order valence-electron chi connectivity index (χ2n) is 2.88.